The lowest BCUT2D eigenvalue weighted by atomic mass is 9.92. The highest BCUT2D eigenvalue weighted by atomic mass is 14.1. The highest BCUT2D eigenvalue weighted by Crippen LogP contribution is 2.21. The summed E-state index contributed by atoms with van der Waals surface area (Å²) in [6.45, 7) is 14.9. The van der Waals surface area contributed by atoms with Gasteiger partial charge in [0.2, 0.25) is 0 Å². The third kappa shape index (κ3) is 2.92. The molecule has 0 spiro atoms. The summed E-state index contributed by atoms with van der Waals surface area (Å²) < 4.78 is 0. The van der Waals surface area contributed by atoms with Crippen LogP contribution in [0.25, 0.3) is 0 Å². The van der Waals surface area contributed by atoms with Crippen LogP contribution in [0.2, 0.25) is 0 Å². The van der Waals surface area contributed by atoms with Crippen LogP contribution in [0.4, 0.5) is 0 Å². The van der Waals surface area contributed by atoms with Crippen molar-refractivity contribution in [3.63, 3.8) is 0 Å². The van der Waals surface area contributed by atoms with Gasteiger partial charge in [0.15, 0.2) is 0 Å². The molecular formula is C11H20. The summed E-state index contributed by atoms with van der Waals surface area (Å²) >= 11 is 0. The van der Waals surface area contributed by atoms with Crippen molar-refractivity contribution in [2.45, 2.75) is 34.6 Å². The predicted octanol–water partition coefficient (Wildman–Crippen LogP) is 3.80. The maximum absolute atomic E-state index is 3.83. The first-order chi connectivity index (χ1) is 5.00. The average molecular weight is 152 g/mol. The van der Waals surface area contributed by atoms with Gasteiger partial charge in [-0.15, -0.1) is 0 Å². The second-order valence-corrected chi connectivity index (χ2v) is 3.65. The van der Waals surface area contributed by atoms with E-state index in [9.17, 15) is 0 Å². The molecule has 0 nitrogen and oxygen atoms in total. The summed E-state index contributed by atoms with van der Waals surface area (Å²) in [4.78, 5) is 0. The van der Waals surface area contributed by atoms with Crippen LogP contribution in [0.3, 0.4) is 0 Å². The quantitative estimate of drug-likeness (QED) is 0.539. The fraction of sp³-hybridized carbons (Fsp3) is 0.636. The van der Waals surface area contributed by atoms with Crippen molar-refractivity contribution in [3.05, 3.63) is 23.8 Å². The van der Waals surface area contributed by atoms with Crippen molar-refractivity contribution in [2.75, 3.05) is 0 Å². The Balaban J connectivity index is 4.68. The van der Waals surface area contributed by atoms with Crippen LogP contribution in [-0.4, -0.2) is 0 Å². The molecule has 0 aromatic carbocycles. The Morgan fingerprint density at radius 1 is 1.09 bits per heavy atom. The van der Waals surface area contributed by atoms with Gasteiger partial charge in [0, 0.05) is 0 Å². The van der Waals surface area contributed by atoms with E-state index >= 15 is 0 Å². The standard InChI is InChI=1S/C11H20/c1-7-11(9(4)5)10(6)8(2)3/h7-9H,1H2,2-6H3/b11-10-. The Labute approximate surface area is 71.0 Å². The van der Waals surface area contributed by atoms with Crippen molar-refractivity contribution >= 4 is 0 Å². The monoisotopic (exact) mass is 152 g/mol. The van der Waals surface area contributed by atoms with E-state index in [1.54, 1.807) is 0 Å². The van der Waals surface area contributed by atoms with Crippen LogP contribution in [0.15, 0.2) is 23.8 Å². The van der Waals surface area contributed by atoms with Crippen LogP contribution >= 0.6 is 0 Å². The van der Waals surface area contributed by atoms with Crippen LogP contribution in [-0.2, 0) is 0 Å². The molecule has 0 aliphatic rings. The number of allylic oxidation sites excluding steroid dienone is 3. The summed E-state index contributed by atoms with van der Waals surface area (Å²) in [6, 6.07) is 0. The first-order valence-electron chi connectivity index (χ1n) is 4.33. The Morgan fingerprint density at radius 3 is 1.64 bits per heavy atom. The summed E-state index contributed by atoms with van der Waals surface area (Å²) in [5, 5.41) is 0. The minimum absolute atomic E-state index is 0.606. The molecule has 0 atom stereocenters. The smallest absolute Gasteiger partial charge is 0.0219 e. The first kappa shape index (κ1) is 10.5. The van der Waals surface area contributed by atoms with Crippen molar-refractivity contribution in [1.82, 2.24) is 0 Å². The number of hydrogen-bond acceptors (Lipinski definition) is 0. The van der Waals surface area contributed by atoms with Gasteiger partial charge in [-0.05, 0) is 24.3 Å². The van der Waals surface area contributed by atoms with E-state index in [2.05, 4.69) is 41.2 Å². The maximum atomic E-state index is 3.83. The van der Waals surface area contributed by atoms with Gasteiger partial charge in [-0.2, -0.15) is 0 Å². The summed E-state index contributed by atoms with van der Waals surface area (Å²) in [5.41, 5.74) is 2.87. The van der Waals surface area contributed by atoms with E-state index in [0.717, 1.165) is 0 Å². The van der Waals surface area contributed by atoms with E-state index in [-0.39, 0.29) is 0 Å². The SMILES string of the molecule is C=C/C(=C(\C)C(C)C)C(C)C. The topological polar surface area (TPSA) is 0 Å². The molecule has 0 aromatic heterocycles. The fourth-order valence-corrected chi connectivity index (χ4v) is 1.19. The van der Waals surface area contributed by atoms with Crippen LogP contribution < -0.4 is 0 Å². The van der Waals surface area contributed by atoms with Gasteiger partial charge in [-0.25, -0.2) is 0 Å². The van der Waals surface area contributed by atoms with E-state index in [1.807, 2.05) is 6.08 Å². The second-order valence-electron chi connectivity index (χ2n) is 3.65. The molecule has 0 amide bonds. The molecule has 0 bridgehead atoms. The fourth-order valence-electron chi connectivity index (χ4n) is 1.19. The normalized spacial score (nSPS) is 13.7. The summed E-state index contributed by atoms with van der Waals surface area (Å²) in [7, 11) is 0. The average Bonchev–Trinajstić information content (AvgIpc) is 1.88. The van der Waals surface area contributed by atoms with Crippen LogP contribution in [0.5, 0.6) is 0 Å². The summed E-state index contributed by atoms with van der Waals surface area (Å²) in [6.07, 6.45) is 1.99. The molecule has 0 fully saturated rings. The highest BCUT2D eigenvalue weighted by Gasteiger charge is 2.05. The minimum atomic E-state index is 0.606. The largest absolute Gasteiger partial charge is 0.0988 e. The molecule has 0 saturated heterocycles. The summed E-state index contributed by atoms with van der Waals surface area (Å²) in [5.74, 6) is 1.25. The van der Waals surface area contributed by atoms with Crippen molar-refractivity contribution < 1.29 is 0 Å². The minimum Gasteiger partial charge on any atom is -0.0988 e. The van der Waals surface area contributed by atoms with Crippen LogP contribution in [0.1, 0.15) is 34.6 Å². The molecule has 0 heteroatoms. The molecule has 0 heterocycles. The van der Waals surface area contributed by atoms with Gasteiger partial charge in [-0.1, -0.05) is 45.9 Å². The van der Waals surface area contributed by atoms with E-state index in [4.69, 9.17) is 0 Å². The Bertz CT molecular complexity index is 159. The van der Waals surface area contributed by atoms with Gasteiger partial charge in [0.25, 0.3) is 0 Å². The lowest BCUT2D eigenvalue weighted by Crippen LogP contribution is -1.99. The molecule has 0 radical (unpaired) electrons. The molecule has 11 heavy (non-hydrogen) atoms. The van der Waals surface area contributed by atoms with E-state index in [1.165, 1.54) is 11.1 Å². The molecular weight excluding hydrogens is 132 g/mol. The van der Waals surface area contributed by atoms with Gasteiger partial charge < -0.3 is 0 Å². The molecule has 0 aliphatic heterocycles. The van der Waals surface area contributed by atoms with Gasteiger partial charge in [0.1, 0.15) is 0 Å². The third-order valence-electron chi connectivity index (χ3n) is 2.16. The number of rotatable bonds is 3. The molecule has 64 valence electrons. The Morgan fingerprint density at radius 2 is 1.55 bits per heavy atom. The zero-order chi connectivity index (χ0) is 9.02. The van der Waals surface area contributed by atoms with E-state index in [0.29, 0.717) is 11.8 Å². The third-order valence-corrected chi connectivity index (χ3v) is 2.16. The van der Waals surface area contributed by atoms with E-state index < -0.39 is 0 Å². The lowest BCUT2D eigenvalue weighted by Gasteiger charge is -2.14. The molecule has 0 unspecified atom stereocenters. The molecule has 0 rings (SSSR count). The Hall–Kier alpha value is -0.520. The van der Waals surface area contributed by atoms with Gasteiger partial charge in [-0.3, -0.25) is 0 Å². The van der Waals surface area contributed by atoms with Crippen molar-refractivity contribution in [2.24, 2.45) is 11.8 Å². The molecule has 0 saturated carbocycles. The first-order valence-corrected chi connectivity index (χ1v) is 4.33. The number of hydrogen-bond donors (Lipinski definition) is 0. The zero-order valence-electron chi connectivity index (χ0n) is 8.44. The molecule has 0 aromatic rings. The van der Waals surface area contributed by atoms with Crippen LogP contribution in [0, 0.1) is 11.8 Å². The van der Waals surface area contributed by atoms with Gasteiger partial charge in [0.05, 0.1) is 0 Å². The maximum Gasteiger partial charge on any atom is -0.0219 e. The molecule has 0 N–H and O–H groups in total. The van der Waals surface area contributed by atoms with Crippen molar-refractivity contribution in [3.8, 4) is 0 Å². The lowest BCUT2D eigenvalue weighted by molar-refractivity contribution is 0.707. The second kappa shape index (κ2) is 4.38. The van der Waals surface area contributed by atoms with Gasteiger partial charge >= 0.3 is 0 Å². The highest BCUT2D eigenvalue weighted by molar-refractivity contribution is 5.25. The van der Waals surface area contributed by atoms with Crippen molar-refractivity contribution in [1.29, 1.82) is 0 Å². The zero-order valence-corrected chi connectivity index (χ0v) is 8.44. The Kier molecular flexibility index (Phi) is 4.17. The molecule has 0 aliphatic carbocycles. The predicted molar refractivity (Wildman–Crippen MR) is 52.6 cm³/mol.